The van der Waals surface area contributed by atoms with Crippen molar-refractivity contribution in [3.8, 4) is 17.3 Å². The van der Waals surface area contributed by atoms with Crippen LogP contribution >= 0.6 is 0 Å². The number of rotatable bonds is 11. The van der Waals surface area contributed by atoms with E-state index < -0.39 is 0 Å². The topological polar surface area (TPSA) is 33.5 Å². The van der Waals surface area contributed by atoms with Gasteiger partial charge in [0.1, 0.15) is 24.0 Å². The molecule has 5 heteroatoms. The molecule has 0 N–H and O–H groups in total. The van der Waals surface area contributed by atoms with Crippen LogP contribution < -0.4 is 14.5 Å². The molecule has 0 unspecified atom stereocenters. The number of pyridine rings is 1. The minimum absolute atomic E-state index is 0.0513. The minimum atomic E-state index is -0.272. The molecule has 10 aromatic rings. The molecule has 0 bridgehead atoms. The highest BCUT2D eigenvalue weighted by Gasteiger charge is 2.37. The highest BCUT2D eigenvalue weighted by molar-refractivity contribution is 6.10. The van der Waals surface area contributed by atoms with E-state index in [0.29, 0.717) is 6.67 Å². The monoisotopic (exact) mass is 1050 g/mol. The summed E-state index contributed by atoms with van der Waals surface area (Å²) in [6, 6.07) is 71.7. The summed E-state index contributed by atoms with van der Waals surface area (Å²) < 4.78 is 9.36. The molecule has 80 heavy (non-hydrogen) atoms. The zero-order valence-corrected chi connectivity index (χ0v) is 50.0. The van der Waals surface area contributed by atoms with Crippen molar-refractivity contribution >= 4 is 44.6 Å². The van der Waals surface area contributed by atoms with Crippen molar-refractivity contribution < 1.29 is 4.74 Å². The zero-order chi connectivity index (χ0) is 56.7. The van der Waals surface area contributed by atoms with Crippen LogP contribution in [0.4, 0.5) is 22.7 Å². The molecule has 0 radical (unpaired) electrons. The third kappa shape index (κ3) is 9.88. The van der Waals surface area contributed by atoms with Gasteiger partial charge in [0, 0.05) is 56.7 Å². The number of ether oxygens (including phenoxy) is 1. The maximum atomic E-state index is 7.05. The molecule has 406 valence electrons. The Labute approximate surface area is 476 Å². The van der Waals surface area contributed by atoms with Gasteiger partial charge in [-0.25, -0.2) is 4.98 Å². The van der Waals surface area contributed by atoms with Crippen LogP contribution in [0.1, 0.15) is 154 Å². The number of anilines is 4. The molecule has 1 aliphatic rings. The minimum Gasteiger partial charge on any atom is -0.457 e. The van der Waals surface area contributed by atoms with Crippen molar-refractivity contribution in [2.75, 3.05) is 16.5 Å². The van der Waals surface area contributed by atoms with Crippen molar-refractivity contribution in [1.82, 2.24) is 9.55 Å². The quantitative estimate of drug-likeness (QED) is 0.129. The summed E-state index contributed by atoms with van der Waals surface area (Å²) in [5.74, 6) is 2.42. The number of hydrogen-bond acceptors (Lipinski definition) is 4. The van der Waals surface area contributed by atoms with Crippen LogP contribution in [0.2, 0.25) is 0 Å². The van der Waals surface area contributed by atoms with Crippen LogP contribution in [-0.4, -0.2) is 16.2 Å². The van der Waals surface area contributed by atoms with Crippen LogP contribution in [0.25, 0.3) is 27.6 Å². The Morgan fingerprint density at radius 1 is 0.350 bits per heavy atom. The Kier molecular flexibility index (Phi) is 13.3. The van der Waals surface area contributed by atoms with Crippen molar-refractivity contribution in [3.63, 3.8) is 0 Å². The third-order valence-corrected chi connectivity index (χ3v) is 17.4. The second-order valence-electron chi connectivity index (χ2n) is 27.1. The first-order valence-electron chi connectivity index (χ1n) is 28.7. The molecule has 2 aromatic heterocycles. The second-order valence-corrected chi connectivity index (χ2v) is 27.1. The molecule has 0 aliphatic carbocycles. The molecule has 8 aromatic carbocycles. The van der Waals surface area contributed by atoms with E-state index in [-0.39, 0.29) is 32.5 Å². The largest absolute Gasteiger partial charge is 0.457 e. The lowest BCUT2D eigenvalue weighted by atomic mass is 9.73. The summed E-state index contributed by atoms with van der Waals surface area (Å²) in [5.41, 5.74) is 17.4. The summed E-state index contributed by atoms with van der Waals surface area (Å²) in [5, 5.41) is 2.34. The number of aromatic nitrogens is 2. The molecule has 1 aliphatic heterocycles. The van der Waals surface area contributed by atoms with Gasteiger partial charge in [0.2, 0.25) is 0 Å². The first-order valence-corrected chi connectivity index (χ1v) is 28.7. The maximum Gasteiger partial charge on any atom is 0.137 e. The molecule has 5 nitrogen and oxygen atoms in total. The lowest BCUT2D eigenvalue weighted by Gasteiger charge is -2.34. The molecule has 0 saturated carbocycles. The summed E-state index contributed by atoms with van der Waals surface area (Å²) in [7, 11) is 0. The average Bonchev–Trinajstić information content (AvgIpc) is 4.15. The van der Waals surface area contributed by atoms with Crippen molar-refractivity contribution in [1.29, 1.82) is 0 Å². The van der Waals surface area contributed by atoms with E-state index in [1.165, 1.54) is 72.5 Å². The molecular weight excluding hydrogens is 973 g/mol. The Balaban J connectivity index is 1.04. The predicted octanol–water partition coefficient (Wildman–Crippen LogP) is 20.1. The Morgan fingerprint density at radius 2 is 0.863 bits per heavy atom. The summed E-state index contributed by atoms with van der Waals surface area (Å²) >= 11 is 0. The molecule has 0 saturated heterocycles. The molecule has 0 amide bonds. The van der Waals surface area contributed by atoms with E-state index >= 15 is 0 Å². The third-order valence-electron chi connectivity index (χ3n) is 17.4. The van der Waals surface area contributed by atoms with E-state index in [2.05, 4.69) is 312 Å². The van der Waals surface area contributed by atoms with Gasteiger partial charge in [-0.15, -0.1) is 0 Å². The van der Waals surface area contributed by atoms with Crippen molar-refractivity contribution in [2.45, 2.75) is 136 Å². The first kappa shape index (κ1) is 54.1. The lowest BCUT2D eigenvalue weighted by molar-refractivity contribution is 0.483. The maximum absolute atomic E-state index is 7.05. The van der Waals surface area contributed by atoms with Gasteiger partial charge in [-0.2, -0.15) is 0 Å². The van der Waals surface area contributed by atoms with E-state index in [1.54, 1.807) is 0 Å². The molecular formula is C75H80N4O. The van der Waals surface area contributed by atoms with Crippen LogP contribution in [0.3, 0.4) is 0 Å². The fourth-order valence-electron chi connectivity index (χ4n) is 12.1. The van der Waals surface area contributed by atoms with Gasteiger partial charge in [-0.1, -0.05) is 213 Å². The summed E-state index contributed by atoms with van der Waals surface area (Å²) in [6.45, 7) is 35.6. The van der Waals surface area contributed by atoms with Crippen LogP contribution in [0, 0.1) is 0 Å². The zero-order valence-electron chi connectivity index (χ0n) is 50.0. The van der Waals surface area contributed by atoms with Gasteiger partial charge in [-0.3, -0.25) is 4.57 Å². The standard InChI is InChI=1S/C75H80N4O/c1-70(2,3)53-38-39-76-69(44-53)79-65-37-34-54(73(10,11)50-26-19-16-20-27-50)43-62(65)61-36-35-60(46-66(61)79)80-59-33-25-32-57(45-59)77-49-78(68-48-64(72(7,8)9)63(47-67(68)77)71(4,5)6)58-41-55(74(12,13)51-28-21-17-22-29-51)40-56(42-58)75(14,15)52-30-23-18-24-31-52/h16-48H,49H2,1-15H3. The van der Waals surface area contributed by atoms with E-state index in [1.807, 2.05) is 6.20 Å². The average molecular weight is 1050 g/mol. The Bertz CT molecular complexity index is 3850. The van der Waals surface area contributed by atoms with Gasteiger partial charge in [0.25, 0.3) is 0 Å². The van der Waals surface area contributed by atoms with E-state index in [9.17, 15) is 0 Å². The molecule has 0 atom stereocenters. The molecule has 0 fully saturated rings. The molecule has 0 spiro atoms. The lowest BCUT2D eigenvalue weighted by Crippen LogP contribution is -2.27. The van der Waals surface area contributed by atoms with Gasteiger partial charge >= 0.3 is 0 Å². The van der Waals surface area contributed by atoms with Gasteiger partial charge in [0.15, 0.2) is 0 Å². The fraction of sp³-hybridized carbons (Fsp3) is 0.293. The number of fused-ring (bicyclic) bond motifs is 4. The number of benzene rings is 8. The van der Waals surface area contributed by atoms with Crippen molar-refractivity contribution in [2.24, 2.45) is 0 Å². The fourth-order valence-corrected chi connectivity index (χ4v) is 12.1. The Morgan fingerprint density at radius 3 is 1.39 bits per heavy atom. The van der Waals surface area contributed by atoms with E-state index in [0.717, 1.165) is 39.4 Å². The highest BCUT2D eigenvalue weighted by Crippen LogP contribution is 2.52. The van der Waals surface area contributed by atoms with Crippen LogP contribution in [0.15, 0.2) is 200 Å². The first-order chi connectivity index (χ1) is 37.8. The van der Waals surface area contributed by atoms with Crippen LogP contribution in [0.5, 0.6) is 11.5 Å². The highest BCUT2D eigenvalue weighted by atomic mass is 16.5. The normalized spacial score (nSPS) is 13.6. The van der Waals surface area contributed by atoms with Crippen molar-refractivity contribution in [3.05, 3.63) is 250 Å². The van der Waals surface area contributed by atoms with Crippen LogP contribution in [-0.2, 0) is 32.5 Å². The molecule has 11 rings (SSSR count). The smallest absolute Gasteiger partial charge is 0.137 e. The number of nitrogens with zero attached hydrogens (tertiary/aromatic N) is 4. The number of hydrogen-bond donors (Lipinski definition) is 0. The SMILES string of the molecule is CC(C)(C)c1ccnc(-n2c3ccc(C(C)(C)c4ccccc4)cc3c3ccc(Oc4cccc(N5CN(c6cc(C(C)(C)c7ccccc7)cc(C(C)(C)c7ccccc7)c6)c6cc(C(C)(C)C)c(C(C)(C)C)cc65)c4)cc32)c1. The van der Waals surface area contributed by atoms with Gasteiger partial charge in [-0.05, 0) is 139 Å². The summed E-state index contributed by atoms with van der Waals surface area (Å²) in [4.78, 5) is 10.1. The van der Waals surface area contributed by atoms with Gasteiger partial charge in [0.05, 0.1) is 22.4 Å². The molecule has 3 heterocycles. The van der Waals surface area contributed by atoms with E-state index in [4.69, 9.17) is 9.72 Å². The second kappa shape index (κ2) is 19.7. The van der Waals surface area contributed by atoms with Gasteiger partial charge < -0.3 is 14.5 Å². The summed E-state index contributed by atoms with van der Waals surface area (Å²) in [6.07, 6.45) is 1.95. The Hall–Kier alpha value is -7.89. The predicted molar refractivity (Wildman–Crippen MR) is 339 cm³/mol.